The molecule has 6 nitrogen and oxygen atoms in total. The Hall–Kier alpha value is -2.13. The highest BCUT2D eigenvalue weighted by atomic mass is 35.5. The fourth-order valence-electron chi connectivity index (χ4n) is 1.64. The zero-order valence-electron chi connectivity index (χ0n) is 11.7. The lowest BCUT2D eigenvalue weighted by Gasteiger charge is -2.10. The van der Waals surface area contributed by atoms with Crippen LogP contribution in [-0.4, -0.2) is 27.3 Å². The van der Waals surface area contributed by atoms with Crippen LogP contribution in [0.4, 0.5) is 14.6 Å². The average molecular weight is 362 g/mol. The number of rotatable bonds is 5. The van der Waals surface area contributed by atoms with Gasteiger partial charge in [-0.3, -0.25) is 4.72 Å². The first-order valence-electron chi connectivity index (χ1n) is 6.10. The predicted octanol–water partition coefficient (Wildman–Crippen LogP) is 2.47. The van der Waals surface area contributed by atoms with Crippen LogP contribution in [0, 0.1) is 11.6 Å². The van der Waals surface area contributed by atoms with E-state index in [1.807, 2.05) is 0 Å². The summed E-state index contributed by atoms with van der Waals surface area (Å²) in [6.07, 6.45) is 2.52. The Labute approximate surface area is 137 Å². The monoisotopic (exact) mass is 361 g/mol. The molecule has 2 rings (SSSR count). The molecule has 0 radical (unpaired) electrons. The van der Waals surface area contributed by atoms with Crippen molar-refractivity contribution in [1.29, 1.82) is 0 Å². The van der Waals surface area contributed by atoms with Crippen molar-refractivity contribution in [3.05, 3.63) is 52.4 Å². The van der Waals surface area contributed by atoms with E-state index in [1.165, 1.54) is 12.4 Å². The third kappa shape index (κ3) is 3.99. The van der Waals surface area contributed by atoms with Gasteiger partial charge >= 0.3 is 5.97 Å². The number of carbonyl (C=O) groups excluding carboxylic acids is 1. The summed E-state index contributed by atoms with van der Waals surface area (Å²) in [5, 5.41) is -0.451. The quantitative estimate of drug-likeness (QED) is 0.653. The first-order chi connectivity index (χ1) is 10.9. The molecule has 0 fully saturated rings. The molecule has 1 aromatic carbocycles. The summed E-state index contributed by atoms with van der Waals surface area (Å²) < 4.78 is 46.0. The number of methoxy groups -OCH3 is 1. The highest BCUT2D eigenvalue weighted by Crippen LogP contribution is 2.24. The van der Waals surface area contributed by atoms with Gasteiger partial charge in [-0.15, -0.1) is 0 Å². The summed E-state index contributed by atoms with van der Waals surface area (Å²) in [7, 11) is -0.779. The van der Waals surface area contributed by atoms with Crippen molar-refractivity contribution < 1.29 is 22.5 Å². The van der Waals surface area contributed by atoms with Gasteiger partial charge in [0.2, 0.25) is 0 Å². The van der Waals surface area contributed by atoms with Crippen molar-refractivity contribution >= 4 is 34.4 Å². The molecule has 1 heterocycles. The second-order valence-electron chi connectivity index (χ2n) is 4.16. The molecule has 1 unspecified atom stereocenters. The van der Waals surface area contributed by atoms with Crippen LogP contribution in [0.2, 0.25) is 5.02 Å². The Bertz CT molecular complexity index is 776. The SMILES string of the molecule is COC(=O)c1nccnc1NS(=O)Cc1c(F)ccc(F)c1Cl. The van der Waals surface area contributed by atoms with Crippen molar-refractivity contribution in [2.24, 2.45) is 0 Å². The van der Waals surface area contributed by atoms with Gasteiger partial charge in [0, 0.05) is 18.0 Å². The number of hydrogen-bond donors (Lipinski definition) is 1. The van der Waals surface area contributed by atoms with Crippen LogP contribution in [-0.2, 0) is 21.5 Å². The maximum Gasteiger partial charge on any atom is 0.360 e. The van der Waals surface area contributed by atoms with Gasteiger partial charge < -0.3 is 4.74 Å². The van der Waals surface area contributed by atoms with Crippen molar-refractivity contribution in [1.82, 2.24) is 9.97 Å². The molecule has 1 N–H and O–H groups in total. The zero-order chi connectivity index (χ0) is 17.0. The molecule has 0 amide bonds. The van der Waals surface area contributed by atoms with Gasteiger partial charge in [0.05, 0.1) is 17.9 Å². The Morgan fingerprint density at radius 1 is 1.30 bits per heavy atom. The lowest BCUT2D eigenvalue weighted by molar-refractivity contribution is 0.0595. The lowest BCUT2D eigenvalue weighted by Crippen LogP contribution is -2.15. The van der Waals surface area contributed by atoms with Crippen LogP contribution < -0.4 is 4.72 Å². The number of nitrogens with one attached hydrogen (secondary N) is 1. The molecule has 0 saturated heterocycles. The Balaban J connectivity index is 2.22. The number of hydrogen-bond acceptors (Lipinski definition) is 5. The molecule has 122 valence electrons. The molecule has 0 spiro atoms. The smallest absolute Gasteiger partial charge is 0.360 e. The van der Waals surface area contributed by atoms with Crippen LogP contribution in [0.25, 0.3) is 0 Å². The summed E-state index contributed by atoms with van der Waals surface area (Å²) in [6.45, 7) is 0. The van der Waals surface area contributed by atoms with Gasteiger partial charge in [0.15, 0.2) is 11.5 Å². The number of esters is 1. The van der Waals surface area contributed by atoms with E-state index in [1.54, 1.807) is 0 Å². The Kier molecular flexibility index (Phi) is 5.56. The Morgan fingerprint density at radius 3 is 2.65 bits per heavy atom. The number of benzene rings is 1. The molecule has 1 atom stereocenters. The first-order valence-corrected chi connectivity index (χ1v) is 7.80. The minimum absolute atomic E-state index is 0.106. The highest BCUT2D eigenvalue weighted by Gasteiger charge is 2.19. The summed E-state index contributed by atoms with van der Waals surface area (Å²) in [6, 6.07) is 1.76. The van der Waals surface area contributed by atoms with E-state index >= 15 is 0 Å². The molecule has 0 bridgehead atoms. The van der Waals surface area contributed by atoms with Gasteiger partial charge in [-0.1, -0.05) is 11.6 Å². The number of halogens is 3. The minimum Gasteiger partial charge on any atom is -0.464 e. The summed E-state index contributed by atoms with van der Waals surface area (Å²) in [4.78, 5) is 19.1. The number of carbonyl (C=O) groups is 1. The van der Waals surface area contributed by atoms with E-state index in [0.29, 0.717) is 0 Å². The predicted molar refractivity (Wildman–Crippen MR) is 80.2 cm³/mol. The van der Waals surface area contributed by atoms with E-state index in [-0.39, 0.29) is 17.1 Å². The molecule has 0 aliphatic heterocycles. The molecule has 2 aromatic rings. The maximum absolute atomic E-state index is 13.7. The van der Waals surface area contributed by atoms with Gasteiger partial charge in [0.1, 0.15) is 22.6 Å². The van der Waals surface area contributed by atoms with Gasteiger partial charge in [0.25, 0.3) is 0 Å². The molecule has 0 saturated carbocycles. The Morgan fingerprint density at radius 2 is 1.96 bits per heavy atom. The van der Waals surface area contributed by atoms with Crippen molar-refractivity contribution in [2.45, 2.75) is 5.75 Å². The standard InChI is InChI=1S/C13H10ClF2N3O3S/c1-22-13(20)11-12(18-5-4-17-11)19-23(21)6-7-8(15)2-3-9(16)10(7)14/h2-5H,6H2,1H3,(H,18,19). The van der Waals surface area contributed by atoms with Gasteiger partial charge in [-0.25, -0.2) is 27.8 Å². The molecule has 0 aliphatic carbocycles. The van der Waals surface area contributed by atoms with Gasteiger partial charge in [-0.05, 0) is 12.1 Å². The van der Waals surface area contributed by atoms with Crippen LogP contribution in [0.5, 0.6) is 0 Å². The first kappa shape index (κ1) is 17.2. The number of nitrogens with zero attached hydrogens (tertiary/aromatic N) is 2. The molecule has 0 aliphatic rings. The van der Waals surface area contributed by atoms with Crippen LogP contribution in [0.3, 0.4) is 0 Å². The van der Waals surface area contributed by atoms with E-state index in [4.69, 9.17) is 11.6 Å². The zero-order valence-corrected chi connectivity index (χ0v) is 13.3. The number of anilines is 1. The van der Waals surface area contributed by atoms with E-state index in [2.05, 4.69) is 19.4 Å². The van der Waals surface area contributed by atoms with Gasteiger partial charge in [-0.2, -0.15) is 0 Å². The van der Waals surface area contributed by atoms with Crippen LogP contribution in [0.15, 0.2) is 24.5 Å². The van der Waals surface area contributed by atoms with Crippen molar-refractivity contribution in [3.63, 3.8) is 0 Å². The molecule has 23 heavy (non-hydrogen) atoms. The van der Waals surface area contributed by atoms with Crippen LogP contribution in [0.1, 0.15) is 16.1 Å². The second kappa shape index (κ2) is 7.42. The van der Waals surface area contributed by atoms with E-state index < -0.39 is 39.4 Å². The fourth-order valence-corrected chi connectivity index (χ4v) is 2.92. The molecular weight excluding hydrogens is 352 g/mol. The summed E-state index contributed by atoms with van der Waals surface area (Å²) >= 11 is 5.67. The highest BCUT2D eigenvalue weighted by molar-refractivity contribution is 7.85. The van der Waals surface area contributed by atoms with Crippen molar-refractivity contribution in [3.8, 4) is 0 Å². The van der Waals surface area contributed by atoms with Crippen LogP contribution >= 0.6 is 11.6 Å². The molecule has 10 heteroatoms. The normalized spacial score (nSPS) is 11.8. The number of aromatic nitrogens is 2. The maximum atomic E-state index is 13.7. The van der Waals surface area contributed by atoms with E-state index in [0.717, 1.165) is 19.2 Å². The number of ether oxygens (including phenoxy) is 1. The largest absolute Gasteiger partial charge is 0.464 e. The topological polar surface area (TPSA) is 81.2 Å². The van der Waals surface area contributed by atoms with Crippen molar-refractivity contribution in [2.75, 3.05) is 11.8 Å². The van der Waals surface area contributed by atoms with E-state index in [9.17, 15) is 17.8 Å². The third-order valence-electron chi connectivity index (χ3n) is 2.70. The third-order valence-corrected chi connectivity index (χ3v) is 4.08. The fraction of sp³-hybridized carbons (Fsp3) is 0.154. The summed E-state index contributed by atoms with van der Waals surface area (Å²) in [5.41, 5.74) is -0.435. The lowest BCUT2D eigenvalue weighted by atomic mass is 10.2. The second-order valence-corrected chi connectivity index (χ2v) is 5.72. The summed E-state index contributed by atoms with van der Waals surface area (Å²) in [5.74, 6) is -2.94. The minimum atomic E-state index is -1.93. The average Bonchev–Trinajstić information content (AvgIpc) is 2.55. The molecule has 1 aromatic heterocycles. The molecular formula is C13H10ClF2N3O3S.